The van der Waals surface area contributed by atoms with Crippen LogP contribution in [0.15, 0.2) is 24.3 Å². The topological polar surface area (TPSA) is 37.3 Å². The van der Waals surface area contributed by atoms with Crippen LogP contribution in [0, 0.1) is 5.92 Å². The fourth-order valence-electron chi connectivity index (χ4n) is 1.86. The van der Waals surface area contributed by atoms with Crippen LogP contribution in [0.25, 0.3) is 0 Å². The van der Waals surface area contributed by atoms with Gasteiger partial charge in [-0.25, -0.2) is 0 Å². The molecule has 1 unspecified atom stereocenters. The van der Waals surface area contributed by atoms with Crippen LogP contribution in [0.5, 0.6) is 5.75 Å². The lowest BCUT2D eigenvalue weighted by atomic mass is 9.92. The van der Waals surface area contributed by atoms with Crippen LogP contribution >= 0.6 is 0 Å². The largest absolute Gasteiger partial charge is 0.508 e. The number of hydrogen-bond donors (Lipinski definition) is 1. The van der Waals surface area contributed by atoms with Gasteiger partial charge in [-0.1, -0.05) is 25.5 Å². The van der Waals surface area contributed by atoms with E-state index in [1.165, 1.54) is 0 Å². The number of hydrogen-bond acceptors (Lipinski definition) is 2. The Morgan fingerprint density at radius 2 is 2.27 bits per heavy atom. The van der Waals surface area contributed by atoms with Crippen molar-refractivity contribution in [2.45, 2.75) is 32.6 Å². The molecular weight excluding hydrogens is 188 g/mol. The molecule has 0 aliphatic heterocycles. The Morgan fingerprint density at radius 3 is 2.87 bits per heavy atom. The molecule has 1 N–H and O–H groups in total. The number of carbonyl (C=O) groups excluding carboxylic acids is 1. The van der Waals surface area contributed by atoms with E-state index in [0.29, 0.717) is 18.1 Å². The van der Waals surface area contributed by atoms with Crippen molar-refractivity contribution in [2.24, 2.45) is 5.92 Å². The molecule has 0 aliphatic rings. The van der Waals surface area contributed by atoms with E-state index in [2.05, 4.69) is 6.92 Å². The Morgan fingerprint density at radius 1 is 1.47 bits per heavy atom. The van der Waals surface area contributed by atoms with E-state index in [9.17, 15) is 9.90 Å². The summed E-state index contributed by atoms with van der Waals surface area (Å²) >= 11 is 0. The zero-order valence-electron chi connectivity index (χ0n) is 9.15. The number of benzene rings is 1. The second kappa shape index (κ2) is 6.23. The molecule has 2 heteroatoms. The molecular formula is C13H18O2. The van der Waals surface area contributed by atoms with E-state index in [0.717, 1.165) is 31.1 Å². The SMILES string of the molecule is CCCC(CC=O)Cc1cccc(O)c1. The van der Waals surface area contributed by atoms with Crippen molar-refractivity contribution >= 4 is 6.29 Å². The highest BCUT2D eigenvalue weighted by molar-refractivity contribution is 5.49. The average Bonchev–Trinajstić information content (AvgIpc) is 2.18. The Labute approximate surface area is 90.9 Å². The normalized spacial score (nSPS) is 12.3. The summed E-state index contributed by atoms with van der Waals surface area (Å²) in [5, 5.41) is 9.32. The van der Waals surface area contributed by atoms with Crippen LogP contribution < -0.4 is 0 Å². The summed E-state index contributed by atoms with van der Waals surface area (Å²) in [6.07, 6.45) is 4.64. The first-order valence-corrected chi connectivity index (χ1v) is 5.47. The Kier molecular flexibility index (Phi) is 4.88. The first-order valence-electron chi connectivity index (χ1n) is 5.47. The van der Waals surface area contributed by atoms with Gasteiger partial charge >= 0.3 is 0 Å². The monoisotopic (exact) mass is 206 g/mol. The average molecular weight is 206 g/mol. The Hall–Kier alpha value is -1.31. The lowest BCUT2D eigenvalue weighted by Crippen LogP contribution is -2.05. The Bertz CT molecular complexity index is 307. The van der Waals surface area contributed by atoms with Crippen LogP contribution in [-0.2, 0) is 11.2 Å². The van der Waals surface area contributed by atoms with Gasteiger partial charge in [0, 0.05) is 6.42 Å². The second-order valence-electron chi connectivity index (χ2n) is 3.93. The van der Waals surface area contributed by atoms with Crippen LogP contribution in [0.3, 0.4) is 0 Å². The molecule has 1 aromatic carbocycles. The van der Waals surface area contributed by atoms with E-state index in [-0.39, 0.29) is 0 Å². The fourth-order valence-corrected chi connectivity index (χ4v) is 1.86. The van der Waals surface area contributed by atoms with Gasteiger partial charge in [0.25, 0.3) is 0 Å². The molecule has 1 aromatic rings. The molecule has 0 heterocycles. The zero-order valence-corrected chi connectivity index (χ0v) is 9.15. The lowest BCUT2D eigenvalue weighted by molar-refractivity contribution is -0.108. The van der Waals surface area contributed by atoms with Gasteiger partial charge in [-0.2, -0.15) is 0 Å². The molecule has 82 valence electrons. The summed E-state index contributed by atoms with van der Waals surface area (Å²) < 4.78 is 0. The molecule has 0 bridgehead atoms. The molecule has 0 aliphatic carbocycles. The van der Waals surface area contributed by atoms with Crippen molar-refractivity contribution in [3.8, 4) is 5.75 Å². The number of aromatic hydroxyl groups is 1. The molecule has 15 heavy (non-hydrogen) atoms. The van der Waals surface area contributed by atoms with E-state index in [1.807, 2.05) is 12.1 Å². The summed E-state index contributed by atoms with van der Waals surface area (Å²) in [5.41, 5.74) is 1.11. The molecule has 1 atom stereocenters. The quantitative estimate of drug-likeness (QED) is 0.726. The van der Waals surface area contributed by atoms with Gasteiger partial charge in [-0.05, 0) is 36.5 Å². The van der Waals surface area contributed by atoms with Gasteiger partial charge in [-0.3, -0.25) is 0 Å². The molecule has 0 saturated heterocycles. The maximum Gasteiger partial charge on any atom is 0.120 e. The third-order valence-electron chi connectivity index (χ3n) is 2.56. The molecule has 1 rings (SSSR count). The highest BCUT2D eigenvalue weighted by Gasteiger charge is 2.08. The van der Waals surface area contributed by atoms with Crippen LogP contribution in [0.4, 0.5) is 0 Å². The van der Waals surface area contributed by atoms with Crippen molar-refractivity contribution < 1.29 is 9.90 Å². The maximum absolute atomic E-state index is 10.5. The zero-order chi connectivity index (χ0) is 11.1. The minimum atomic E-state index is 0.300. The van der Waals surface area contributed by atoms with Gasteiger partial charge in [0.1, 0.15) is 12.0 Å². The minimum Gasteiger partial charge on any atom is -0.508 e. The summed E-state index contributed by atoms with van der Waals surface area (Å²) in [6.45, 7) is 2.13. The third-order valence-corrected chi connectivity index (χ3v) is 2.56. The van der Waals surface area contributed by atoms with Gasteiger partial charge in [0.15, 0.2) is 0 Å². The van der Waals surface area contributed by atoms with Crippen molar-refractivity contribution in [2.75, 3.05) is 0 Å². The Balaban J connectivity index is 2.60. The van der Waals surface area contributed by atoms with Gasteiger partial charge in [-0.15, -0.1) is 0 Å². The number of rotatable bonds is 6. The van der Waals surface area contributed by atoms with Crippen LogP contribution in [-0.4, -0.2) is 11.4 Å². The van der Waals surface area contributed by atoms with Crippen LogP contribution in [0.2, 0.25) is 0 Å². The highest BCUT2D eigenvalue weighted by Crippen LogP contribution is 2.19. The fraction of sp³-hybridized carbons (Fsp3) is 0.462. The van der Waals surface area contributed by atoms with E-state index < -0.39 is 0 Å². The molecule has 0 fully saturated rings. The summed E-state index contributed by atoms with van der Waals surface area (Å²) in [7, 11) is 0. The van der Waals surface area contributed by atoms with Gasteiger partial charge < -0.3 is 9.90 Å². The van der Waals surface area contributed by atoms with Gasteiger partial charge in [0.2, 0.25) is 0 Å². The molecule has 2 nitrogen and oxygen atoms in total. The minimum absolute atomic E-state index is 0.300. The standard InChI is InChI=1S/C13H18O2/c1-2-4-11(7-8-14)9-12-5-3-6-13(15)10-12/h3,5-6,8,10-11,15H,2,4,7,9H2,1H3. The lowest BCUT2D eigenvalue weighted by Gasteiger charge is -2.12. The number of carbonyl (C=O) groups is 1. The smallest absolute Gasteiger partial charge is 0.120 e. The second-order valence-corrected chi connectivity index (χ2v) is 3.93. The van der Waals surface area contributed by atoms with E-state index in [4.69, 9.17) is 0 Å². The van der Waals surface area contributed by atoms with Crippen molar-refractivity contribution in [1.29, 1.82) is 0 Å². The highest BCUT2D eigenvalue weighted by atomic mass is 16.3. The number of phenols is 1. The number of aldehydes is 1. The predicted octanol–water partition coefficient (Wildman–Crippen LogP) is 2.94. The van der Waals surface area contributed by atoms with Gasteiger partial charge in [0.05, 0.1) is 0 Å². The predicted molar refractivity (Wildman–Crippen MR) is 60.9 cm³/mol. The van der Waals surface area contributed by atoms with Crippen molar-refractivity contribution in [3.63, 3.8) is 0 Å². The van der Waals surface area contributed by atoms with E-state index >= 15 is 0 Å². The van der Waals surface area contributed by atoms with Crippen molar-refractivity contribution in [1.82, 2.24) is 0 Å². The third kappa shape index (κ3) is 4.15. The molecule has 0 spiro atoms. The first kappa shape index (κ1) is 11.8. The molecule has 0 amide bonds. The molecule has 0 aromatic heterocycles. The van der Waals surface area contributed by atoms with Crippen LogP contribution in [0.1, 0.15) is 31.7 Å². The summed E-state index contributed by atoms with van der Waals surface area (Å²) in [6, 6.07) is 7.27. The molecule has 0 saturated carbocycles. The maximum atomic E-state index is 10.5. The van der Waals surface area contributed by atoms with E-state index in [1.54, 1.807) is 12.1 Å². The van der Waals surface area contributed by atoms with Crippen molar-refractivity contribution in [3.05, 3.63) is 29.8 Å². The first-order chi connectivity index (χ1) is 7.26. The summed E-state index contributed by atoms with van der Waals surface area (Å²) in [5.74, 6) is 0.711. The number of phenolic OH excluding ortho intramolecular Hbond substituents is 1. The molecule has 0 radical (unpaired) electrons. The summed E-state index contributed by atoms with van der Waals surface area (Å²) in [4.78, 5) is 10.5.